The van der Waals surface area contributed by atoms with Crippen LogP contribution >= 0.6 is 0 Å². The number of benzene rings is 2. The summed E-state index contributed by atoms with van der Waals surface area (Å²) in [5.74, 6) is 0.923. The Morgan fingerprint density at radius 3 is 2.68 bits per heavy atom. The van der Waals surface area contributed by atoms with Crippen molar-refractivity contribution in [3.63, 3.8) is 0 Å². The molecule has 1 fully saturated rings. The van der Waals surface area contributed by atoms with E-state index in [-0.39, 0.29) is 11.9 Å². The average Bonchev–Trinajstić information content (AvgIpc) is 3.12. The van der Waals surface area contributed by atoms with Gasteiger partial charge in [0.15, 0.2) is 0 Å². The van der Waals surface area contributed by atoms with Gasteiger partial charge in [0.05, 0.1) is 18.6 Å². The summed E-state index contributed by atoms with van der Waals surface area (Å²) in [6.45, 7) is 0.832. The molecule has 2 atom stereocenters. The number of carbonyl (C=O) groups is 1. The highest BCUT2D eigenvalue weighted by molar-refractivity contribution is 6.07. The molecule has 0 radical (unpaired) electrons. The Labute approximate surface area is 129 Å². The second-order valence-electron chi connectivity index (χ2n) is 5.88. The van der Waals surface area contributed by atoms with E-state index in [0.29, 0.717) is 0 Å². The molecule has 4 rings (SSSR count). The van der Waals surface area contributed by atoms with Crippen molar-refractivity contribution in [1.82, 2.24) is 5.32 Å². The van der Waals surface area contributed by atoms with E-state index in [4.69, 9.17) is 4.74 Å². The molecule has 2 unspecified atom stereocenters. The maximum atomic E-state index is 12.8. The minimum atomic E-state index is -0.509. The monoisotopic (exact) mass is 294 g/mol. The van der Waals surface area contributed by atoms with Gasteiger partial charge in [0.1, 0.15) is 5.75 Å². The van der Waals surface area contributed by atoms with Crippen LogP contribution in [0.4, 0.5) is 5.69 Å². The molecule has 2 aliphatic heterocycles. The molecule has 1 spiro atoms. The van der Waals surface area contributed by atoms with E-state index in [1.54, 1.807) is 7.11 Å². The highest BCUT2D eigenvalue weighted by Crippen LogP contribution is 2.50. The summed E-state index contributed by atoms with van der Waals surface area (Å²) in [4.78, 5) is 12.8. The molecule has 1 amide bonds. The van der Waals surface area contributed by atoms with Crippen molar-refractivity contribution in [2.75, 3.05) is 19.0 Å². The van der Waals surface area contributed by atoms with Crippen LogP contribution in [0, 0.1) is 0 Å². The van der Waals surface area contributed by atoms with E-state index in [2.05, 4.69) is 16.7 Å². The van der Waals surface area contributed by atoms with Crippen LogP contribution in [0.25, 0.3) is 0 Å². The Bertz CT molecular complexity index is 726. The first-order valence-electron chi connectivity index (χ1n) is 7.54. The number of rotatable bonds is 2. The molecule has 4 heteroatoms. The van der Waals surface area contributed by atoms with E-state index in [1.807, 2.05) is 42.5 Å². The van der Waals surface area contributed by atoms with Gasteiger partial charge in [-0.1, -0.05) is 30.3 Å². The molecule has 2 aliphatic rings. The van der Waals surface area contributed by atoms with E-state index >= 15 is 0 Å². The normalized spacial score (nSPS) is 26.0. The van der Waals surface area contributed by atoms with Gasteiger partial charge in [-0.25, -0.2) is 0 Å². The van der Waals surface area contributed by atoms with Crippen molar-refractivity contribution in [3.05, 3.63) is 59.7 Å². The first-order valence-corrected chi connectivity index (χ1v) is 7.54. The van der Waals surface area contributed by atoms with Crippen molar-refractivity contribution in [2.24, 2.45) is 0 Å². The molecule has 2 N–H and O–H groups in total. The lowest BCUT2D eigenvalue weighted by atomic mass is 9.73. The van der Waals surface area contributed by atoms with Gasteiger partial charge in [0.25, 0.3) is 0 Å². The van der Waals surface area contributed by atoms with Crippen molar-refractivity contribution in [3.8, 4) is 5.75 Å². The number of para-hydroxylation sites is 1. The van der Waals surface area contributed by atoms with Crippen LogP contribution < -0.4 is 15.4 Å². The number of hydrogen-bond acceptors (Lipinski definition) is 3. The molecule has 0 bridgehead atoms. The number of ether oxygens (including phenoxy) is 1. The third kappa shape index (κ3) is 1.70. The molecule has 22 heavy (non-hydrogen) atoms. The van der Waals surface area contributed by atoms with Gasteiger partial charge >= 0.3 is 0 Å². The molecular formula is C18H18N2O2. The smallest absolute Gasteiger partial charge is 0.237 e. The fourth-order valence-corrected chi connectivity index (χ4v) is 3.80. The summed E-state index contributed by atoms with van der Waals surface area (Å²) >= 11 is 0. The standard InChI is InChI=1S/C18H18N2O2/c1-22-13-8-6-12(7-9-13)16-18(10-11-19-16)14-4-2-3-5-15(14)20-17(18)21/h2-9,16,19H,10-11H2,1H3,(H,20,21). The minimum absolute atomic E-state index is 0.0120. The zero-order valence-corrected chi connectivity index (χ0v) is 12.4. The number of carbonyl (C=O) groups excluding carboxylic acids is 1. The fraction of sp³-hybridized carbons (Fsp3) is 0.278. The van der Waals surface area contributed by atoms with Crippen LogP contribution in [-0.4, -0.2) is 19.6 Å². The fourth-order valence-electron chi connectivity index (χ4n) is 3.80. The van der Waals surface area contributed by atoms with Crippen molar-refractivity contribution in [2.45, 2.75) is 17.9 Å². The van der Waals surface area contributed by atoms with Crippen LogP contribution in [0.2, 0.25) is 0 Å². The molecule has 0 aliphatic carbocycles. The Hall–Kier alpha value is -2.33. The van der Waals surface area contributed by atoms with Crippen LogP contribution in [-0.2, 0) is 10.2 Å². The molecule has 0 saturated carbocycles. The van der Waals surface area contributed by atoms with Crippen LogP contribution in [0.3, 0.4) is 0 Å². The largest absolute Gasteiger partial charge is 0.497 e. The Morgan fingerprint density at radius 1 is 1.14 bits per heavy atom. The Kier molecular flexibility index (Phi) is 2.94. The highest BCUT2D eigenvalue weighted by atomic mass is 16.5. The molecule has 4 nitrogen and oxygen atoms in total. The third-order valence-electron chi connectivity index (χ3n) is 4.87. The van der Waals surface area contributed by atoms with Gasteiger partial charge in [-0.05, 0) is 42.3 Å². The second-order valence-corrected chi connectivity index (χ2v) is 5.88. The van der Waals surface area contributed by atoms with Gasteiger partial charge in [-0.15, -0.1) is 0 Å². The van der Waals surface area contributed by atoms with Crippen LogP contribution in [0.1, 0.15) is 23.6 Å². The summed E-state index contributed by atoms with van der Waals surface area (Å²) in [6, 6.07) is 16.0. The maximum absolute atomic E-state index is 12.8. The minimum Gasteiger partial charge on any atom is -0.497 e. The lowest BCUT2D eigenvalue weighted by Crippen LogP contribution is -2.39. The van der Waals surface area contributed by atoms with E-state index in [1.165, 1.54) is 0 Å². The summed E-state index contributed by atoms with van der Waals surface area (Å²) in [5.41, 5.74) is 2.65. The quantitative estimate of drug-likeness (QED) is 0.895. The zero-order chi connectivity index (χ0) is 15.2. The number of methoxy groups -OCH3 is 1. The molecule has 2 aromatic carbocycles. The van der Waals surface area contributed by atoms with E-state index < -0.39 is 5.41 Å². The Morgan fingerprint density at radius 2 is 1.91 bits per heavy atom. The first-order chi connectivity index (χ1) is 10.8. The summed E-state index contributed by atoms with van der Waals surface area (Å²) in [7, 11) is 1.66. The molecule has 1 saturated heterocycles. The number of anilines is 1. The summed E-state index contributed by atoms with van der Waals surface area (Å²) in [6.07, 6.45) is 0.812. The van der Waals surface area contributed by atoms with Gasteiger partial charge < -0.3 is 15.4 Å². The van der Waals surface area contributed by atoms with Crippen molar-refractivity contribution in [1.29, 1.82) is 0 Å². The molecule has 112 valence electrons. The van der Waals surface area contributed by atoms with Gasteiger partial charge in [0.2, 0.25) is 5.91 Å². The lowest BCUT2D eigenvalue weighted by molar-refractivity contribution is -0.121. The second kappa shape index (κ2) is 4.85. The van der Waals surface area contributed by atoms with E-state index in [0.717, 1.165) is 35.5 Å². The third-order valence-corrected chi connectivity index (χ3v) is 4.87. The Balaban J connectivity index is 1.81. The predicted octanol–water partition coefficient (Wildman–Crippen LogP) is 2.62. The summed E-state index contributed by atoms with van der Waals surface area (Å²) in [5, 5.41) is 6.56. The zero-order valence-electron chi connectivity index (χ0n) is 12.4. The van der Waals surface area contributed by atoms with Crippen LogP contribution in [0.15, 0.2) is 48.5 Å². The molecule has 0 aromatic heterocycles. The number of fused-ring (bicyclic) bond motifs is 2. The van der Waals surface area contributed by atoms with Gasteiger partial charge in [-0.3, -0.25) is 4.79 Å². The van der Waals surface area contributed by atoms with E-state index in [9.17, 15) is 4.79 Å². The van der Waals surface area contributed by atoms with Gasteiger partial charge in [-0.2, -0.15) is 0 Å². The number of amides is 1. The van der Waals surface area contributed by atoms with Crippen LogP contribution in [0.5, 0.6) is 5.75 Å². The number of nitrogens with one attached hydrogen (secondary N) is 2. The topological polar surface area (TPSA) is 50.4 Å². The summed E-state index contributed by atoms with van der Waals surface area (Å²) < 4.78 is 5.23. The molecule has 2 heterocycles. The first kappa shape index (κ1) is 13.3. The SMILES string of the molecule is COc1ccc(C2NCCC23C(=O)Nc2ccccc23)cc1. The number of hydrogen-bond donors (Lipinski definition) is 2. The molecule has 2 aromatic rings. The maximum Gasteiger partial charge on any atom is 0.237 e. The molecular weight excluding hydrogens is 276 g/mol. The van der Waals surface area contributed by atoms with Gasteiger partial charge in [0, 0.05) is 5.69 Å². The predicted molar refractivity (Wildman–Crippen MR) is 85.1 cm³/mol. The van der Waals surface area contributed by atoms with Crippen molar-refractivity contribution < 1.29 is 9.53 Å². The lowest BCUT2D eigenvalue weighted by Gasteiger charge is -2.29. The average molecular weight is 294 g/mol. The van der Waals surface area contributed by atoms with Crippen molar-refractivity contribution >= 4 is 11.6 Å². The highest BCUT2D eigenvalue weighted by Gasteiger charge is 2.55.